The van der Waals surface area contributed by atoms with Crippen LogP contribution in [0.5, 0.6) is 0 Å². The number of hydrogen-bond acceptors (Lipinski definition) is 6. The molecule has 0 unspecified atom stereocenters. The second kappa shape index (κ2) is 3.92. The van der Waals surface area contributed by atoms with E-state index < -0.39 is 0 Å². The summed E-state index contributed by atoms with van der Waals surface area (Å²) in [6, 6.07) is 9.56. The van der Waals surface area contributed by atoms with Crippen molar-refractivity contribution in [3.8, 4) is 11.4 Å². The predicted octanol–water partition coefficient (Wildman–Crippen LogP) is 1.25. The van der Waals surface area contributed by atoms with Gasteiger partial charge in [0.15, 0.2) is 11.5 Å². The minimum atomic E-state index is 0.166. The van der Waals surface area contributed by atoms with Gasteiger partial charge < -0.3 is 11.5 Å². The van der Waals surface area contributed by atoms with E-state index in [0.717, 1.165) is 5.56 Å². The van der Waals surface area contributed by atoms with Gasteiger partial charge >= 0.3 is 0 Å². The first-order valence-corrected chi connectivity index (χ1v) is 5.35. The van der Waals surface area contributed by atoms with Gasteiger partial charge in [-0.2, -0.15) is 4.98 Å². The molecule has 18 heavy (non-hydrogen) atoms. The molecule has 0 saturated carbocycles. The molecule has 6 nitrogen and oxygen atoms in total. The van der Waals surface area contributed by atoms with Gasteiger partial charge in [0.25, 0.3) is 0 Å². The number of nitrogens with two attached hydrogens (primary N) is 2. The van der Waals surface area contributed by atoms with Gasteiger partial charge in [-0.05, 0) is 0 Å². The first kappa shape index (κ1) is 10.4. The molecule has 1 aromatic carbocycles. The summed E-state index contributed by atoms with van der Waals surface area (Å²) in [7, 11) is 0. The van der Waals surface area contributed by atoms with E-state index in [1.165, 1.54) is 6.20 Å². The number of benzene rings is 1. The van der Waals surface area contributed by atoms with Crippen LogP contribution in [0, 0.1) is 0 Å². The van der Waals surface area contributed by atoms with Crippen molar-refractivity contribution in [3.05, 3.63) is 36.5 Å². The van der Waals surface area contributed by atoms with Crippen LogP contribution in [0.1, 0.15) is 0 Å². The minimum absolute atomic E-state index is 0.166. The maximum Gasteiger partial charge on any atom is 0.222 e. The fourth-order valence-electron chi connectivity index (χ4n) is 1.67. The van der Waals surface area contributed by atoms with Crippen molar-refractivity contribution in [2.24, 2.45) is 0 Å². The topological polar surface area (TPSA) is 104 Å². The number of nitrogens with zero attached hydrogens (tertiary/aromatic N) is 4. The fraction of sp³-hybridized carbons (Fsp3) is 0. The van der Waals surface area contributed by atoms with E-state index in [9.17, 15) is 0 Å². The van der Waals surface area contributed by atoms with E-state index in [4.69, 9.17) is 11.5 Å². The molecule has 0 radical (unpaired) electrons. The van der Waals surface area contributed by atoms with Crippen LogP contribution in [0.25, 0.3) is 22.4 Å². The molecule has 0 aliphatic rings. The summed E-state index contributed by atoms with van der Waals surface area (Å²) in [5.41, 5.74) is 12.7. The lowest BCUT2D eigenvalue weighted by Gasteiger charge is -2.04. The molecule has 6 heteroatoms. The molecule has 3 rings (SSSR count). The molecule has 0 fully saturated rings. The highest BCUT2D eigenvalue weighted by Crippen LogP contribution is 2.21. The molecule has 0 bridgehead atoms. The molecular formula is C12H10N6. The second-order valence-corrected chi connectivity index (χ2v) is 3.76. The van der Waals surface area contributed by atoms with Crippen LogP contribution >= 0.6 is 0 Å². The van der Waals surface area contributed by atoms with Gasteiger partial charge in [0.05, 0.1) is 5.39 Å². The zero-order valence-electron chi connectivity index (χ0n) is 9.41. The Morgan fingerprint density at radius 1 is 0.889 bits per heavy atom. The predicted molar refractivity (Wildman–Crippen MR) is 69.4 cm³/mol. The quantitative estimate of drug-likeness (QED) is 0.661. The fourth-order valence-corrected chi connectivity index (χ4v) is 1.67. The number of hydrogen-bond donors (Lipinski definition) is 2. The Hall–Kier alpha value is -2.76. The molecule has 0 amide bonds. The van der Waals surface area contributed by atoms with Crippen LogP contribution < -0.4 is 11.5 Å². The first-order valence-electron chi connectivity index (χ1n) is 5.35. The van der Waals surface area contributed by atoms with Crippen molar-refractivity contribution < 1.29 is 0 Å². The highest BCUT2D eigenvalue weighted by molar-refractivity contribution is 5.86. The second-order valence-electron chi connectivity index (χ2n) is 3.76. The Morgan fingerprint density at radius 3 is 2.44 bits per heavy atom. The number of anilines is 2. The Kier molecular flexibility index (Phi) is 2.26. The standard InChI is InChI=1S/C12H10N6/c13-9-8-6-15-12(14)18-11(8)17-10(16-9)7-4-2-1-3-5-7/h1-6H,(H4,13,14,15,16,17,18). The van der Waals surface area contributed by atoms with Crippen molar-refractivity contribution in [1.82, 2.24) is 19.9 Å². The molecule has 0 spiro atoms. The zero-order valence-corrected chi connectivity index (χ0v) is 9.41. The van der Waals surface area contributed by atoms with Crippen LogP contribution in [0.4, 0.5) is 11.8 Å². The van der Waals surface area contributed by atoms with E-state index >= 15 is 0 Å². The number of aromatic nitrogens is 4. The molecule has 0 aliphatic carbocycles. The molecule has 4 N–H and O–H groups in total. The van der Waals surface area contributed by atoms with E-state index in [1.807, 2.05) is 30.3 Å². The van der Waals surface area contributed by atoms with Crippen LogP contribution in [-0.4, -0.2) is 19.9 Å². The molecular weight excluding hydrogens is 228 g/mol. The van der Waals surface area contributed by atoms with Crippen LogP contribution in [0.2, 0.25) is 0 Å². The van der Waals surface area contributed by atoms with E-state index in [0.29, 0.717) is 22.7 Å². The Bertz CT molecular complexity index is 710. The van der Waals surface area contributed by atoms with Crippen molar-refractivity contribution in [1.29, 1.82) is 0 Å². The van der Waals surface area contributed by atoms with E-state index in [2.05, 4.69) is 19.9 Å². The summed E-state index contributed by atoms with van der Waals surface area (Å²) < 4.78 is 0. The molecule has 2 aromatic heterocycles. The summed E-state index contributed by atoms with van der Waals surface area (Å²) in [5.74, 6) is 1.04. The Labute approximate surface area is 103 Å². The third kappa shape index (κ3) is 1.69. The maximum atomic E-state index is 5.87. The van der Waals surface area contributed by atoms with Gasteiger partial charge in [-0.3, -0.25) is 0 Å². The molecule has 3 aromatic rings. The normalized spacial score (nSPS) is 10.7. The van der Waals surface area contributed by atoms with Crippen molar-refractivity contribution in [3.63, 3.8) is 0 Å². The lowest BCUT2D eigenvalue weighted by atomic mass is 10.2. The number of nitrogen functional groups attached to an aromatic ring is 2. The molecule has 0 saturated heterocycles. The SMILES string of the molecule is Nc1ncc2c(N)nc(-c3ccccc3)nc2n1. The van der Waals surface area contributed by atoms with Gasteiger partial charge in [-0.1, -0.05) is 30.3 Å². The van der Waals surface area contributed by atoms with Gasteiger partial charge in [0.2, 0.25) is 5.95 Å². The van der Waals surface area contributed by atoms with Gasteiger partial charge in [0, 0.05) is 11.8 Å². The highest BCUT2D eigenvalue weighted by Gasteiger charge is 2.08. The summed E-state index contributed by atoms with van der Waals surface area (Å²) in [6.45, 7) is 0. The van der Waals surface area contributed by atoms with Crippen LogP contribution in [0.3, 0.4) is 0 Å². The average Bonchev–Trinajstić information content (AvgIpc) is 2.39. The van der Waals surface area contributed by atoms with Gasteiger partial charge in [0.1, 0.15) is 5.82 Å². The monoisotopic (exact) mass is 238 g/mol. The van der Waals surface area contributed by atoms with Crippen molar-refractivity contribution in [2.45, 2.75) is 0 Å². The van der Waals surface area contributed by atoms with Crippen LogP contribution in [0.15, 0.2) is 36.5 Å². The largest absolute Gasteiger partial charge is 0.383 e. The number of fused-ring (bicyclic) bond motifs is 1. The highest BCUT2D eigenvalue weighted by atomic mass is 15.1. The third-order valence-electron chi connectivity index (χ3n) is 2.53. The molecule has 0 atom stereocenters. The first-order chi connectivity index (χ1) is 8.74. The van der Waals surface area contributed by atoms with Gasteiger partial charge in [-0.15, -0.1) is 0 Å². The lowest BCUT2D eigenvalue weighted by molar-refractivity contribution is 1.15. The summed E-state index contributed by atoms with van der Waals surface area (Å²) in [6.07, 6.45) is 1.53. The maximum absolute atomic E-state index is 5.87. The summed E-state index contributed by atoms with van der Waals surface area (Å²) in [4.78, 5) is 16.5. The van der Waals surface area contributed by atoms with Crippen molar-refractivity contribution in [2.75, 3.05) is 11.5 Å². The average molecular weight is 238 g/mol. The third-order valence-corrected chi connectivity index (χ3v) is 2.53. The summed E-state index contributed by atoms with van der Waals surface area (Å²) in [5, 5.41) is 0.601. The molecule has 88 valence electrons. The summed E-state index contributed by atoms with van der Waals surface area (Å²) >= 11 is 0. The zero-order chi connectivity index (χ0) is 12.5. The smallest absolute Gasteiger partial charge is 0.222 e. The van der Waals surface area contributed by atoms with Crippen LogP contribution in [-0.2, 0) is 0 Å². The Balaban J connectivity index is 2.27. The minimum Gasteiger partial charge on any atom is -0.383 e. The van der Waals surface area contributed by atoms with E-state index in [1.54, 1.807) is 0 Å². The number of rotatable bonds is 1. The Morgan fingerprint density at radius 2 is 1.67 bits per heavy atom. The molecule has 0 aliphatic heterocycles. The van der Waals surface area contributed by atoms with Crippen molar-refractivity contribution >= 4 is 22.8 Å². The lowest BCUT2D eigenvalue weighted by Crippen LogP contribution is -2.02. The van der Waals surface area contributed by atoms with E-state index in [-0.39, 0.29) is 5.95 Å². The van der Waals surface area contributed by atoms with Gasteiger partial charge in [-0.25, -0.2) is 15.0 Å². The molecule has 2 heterocycles.